The second-order valence-electron chi connectivity index (χ2n) is 15.4. The molecule has 0 aromatic heterocycles. The largest absolute Gasteiger partial charge is 0.508 e. The number of amides is 1. The first-order valence-corrected chi connectivity index (χ1v) is 22.2. The molecule has 0 unspecified atom stereocenters. The normalized spacial score (nSPS) is 18.9. The van der Waals surface area contributed by atoms with Gasteiger partial charge in [0.05, 0.1) is 49.4 Å². The lowest BCUT2D eigenvalue weighted by molar-refractivity contribution is -0.0907. The van der Waals surface area contributed by atoms with Crippen molar-refractivity contribution in [1.29, 1.82) is 5.26 Å². The number of nitrogens with zero attached hydrogens (tertiary/aromatic N) is 2. The molecule has 59 heavy (non-hydrogen) atoms. The lowest BCUT2D eigenvalue weighted by Gasteiger charge is -2.37. The van der Waals surface area contributed by atoms with Gasteiger partial charge in [-0.3, -0.25) is 0 Å². The molecule has 2 aliphatic rings. The Hall–Kier alpha value is -4.42. The third-order valence-electron chi connectivity index (χ3n) is 10.3. The van der Waals surface area contributed by atoms with Crippen molar-refractivity contribution in [2.24, 2.45) is 11.3 Å². The molecule has 2 N–H and O–H groups in total. The van der Waals surface area contributed by atoms with Gasteiger partial charge >= 0.3 is 14.7 Å². The lowest BCUT2D eigenvalue weighted by Crippen LogP contribution is -2.53. The highest BCUT2D eigenvalue weighted by molar-refractivity contribution is 7.89. The van der Waals surface area contributed by atoms with Gasteiger partial charge in [-0.2, -0.15) is 9.57 Å². The number of phenols is 1. The van der Waals surface area contributed by atoms with E-state index in [9.17, 15) is 23.6 Å². The van der Waals surface area contributed by atoms with E-state index in [1.54, 1.807) is 0 Å². The molecule has 13 nitrogen and oxygen atoms in total. The summed E-state index contributed by atoms with van der Waals surface area (Å²) in [6.07, 6.45) is -1.22. The minimum absolute atomic E-state index is 0.00357. The number of carbonyl (C=O) groups excluding carboxylic acids is 1. The number of ether oxygens (including phenoxy) is 3. The highest BCUT2D eigenvalue weighted by atomic mass is 32.2. The number of hydrogen-bond donors (Lipinski definition) is 2. The van der Waals surface area contributed by atoms with E-state index < -0.39 is 54.7 Å². The third kappa shape index (κ3) is 13.0. The minimum Gasteiger partial charge on any atom is -0.508 e. The van der Waals surface area contributed by atoms with Crippen LogP contribution in [0.5, 0.6) is 5.75 Å². The van der Waals surface area contributed by atoms with E-state index in [-0.39, 0.29) is 62.3 Å². The number of nitriles is 1. The molecule has 5 atom stereocenters. The Kier molecular flexibility index (Phi) is 15.9. The maximum absolute atomic E-state index is 14.7. The summed E-state index contributed by atoms with van der Waals surface area (Å²) >= 11 is 0. The molecule has 0 spiro atoms. The zero-order valence-corrected chi connectivity index (χ0v) is 35.0. The molecule has 0 aliphatic carbocycles. The Morgan fingerprint density at radius 1 is 0.915 bits per heavy atom. The predicted molar refractivity (Wildman–Crippen MR) is 221 cm³/mol. The van der Waals surface area contributed by atoms with Crippen LogP contribution in [0.1, 0.15) is 49.8 Å². The van der Waals surface area contributed by atoms with E-state index >= 15 is 0 Å². The van der Waals surface area contributed by atoms with Gasteiger partial charge in [0.1, 0.15) is 18.0 Å². The SMILES string of the molecule is CC(C)(CCC#N)CN(C[C@@H](OP(OCc1ccccc1)OCc1ccccc1)[C@H](Cc1ccccc1)NC(=O)O[C@H]1CO[C@H]2OCC[C@H]21)S(=O)(=O)c1ccc(O)cc1. The van der Waals surface area contributed by atoms with Crippen LogP contribution in [0.25, 0.3) is 0 Å². The molecule has 4 aromatic carbocycles. The smallest absolute Gasteiger partial charge is 0.407 e. The second kappa shape index (κ2) is 21.2. The Morgan fingerprint density at radius 2 is 1.51 bits per heavy atom. The number of rotatable bonds is 21. The van der Waals surface area contributed by atoms with Crippen molar-refractivity contribution in [3.8, 4) is 11.8 Å². The fraction of sp³-hybridized carbons (Fsp3) is 0.409. The molecule has 2 heterocycles. The van der Waals surface area contributed by atoms with Crippen LogP contribution in [0.4, 0.5) is 4.79 Å². The Labute approximate surface area is 348 Å². The first kappa shape index (κ1) is 44.1. The molecule has 2 fully saturated rings. The van der Waals surface area contributed by atoms with Crippen LogP contribution in [0.3, 0.4) is 0 Å². The predicted octanol–water partition coefficient (Wildman–Crippen LogP) is 7.86. The fourth-order valence-corrected chi connectivity index (χ4v) is 9.81. The topological polar surface area (TPSA) is 166 Å². The molecule has 0 bridgehead atoms. The summed E-state index contributed by atoms with van der Waals surface area (Å²) < 4.78 is 67.7. The summed E-state index contributed by atoms with van der Waals surface area (Å²) in [5, 5.41) is 22.6. The van der Waals surface area contributed by atoms with Crippen LogP contribution in [0, 0.1) is 22.7 Å². The van der Waals surface area contributed by atoms with Gasteiger partial charge in [0.25, 0.3) is 0 Å². The van der Waals surface area contributed by atoms with Gasteiger partial charge < -0.3 is 38.2 Å². The number of phenolic OH excluding ortho intramolecular Hbond substituents is 1. The van der Waals surface area contributed by atoms with Gasteiger partial charge in [0.15, 0.2) is 6.29 Å². The van der Waals surface area contributed by atoms with Crippen molar-refractivity contribution in [2.45, 2.75) is 82.2 Å². The number of fused-ring (bicyclic) bond motifs is 1. The summed E-state index contributed by atoms with van der Waals surface area (Å²) in [6, 6.07) is 35.2. The zero-order chi connectivity index (χ0) is 41.7. The van der Waals surface area contributed by atoms with Gasteiger partial charge in [-0.05, 0) is 65.6 Å². The molecular formula is C44H52N3O10PS. The lowest BCUT2D eigenvalue weighted by atomic mass is 9.88. The minimum atomic E-state index is -4.27. The number of carbonyl (C=O) groups is 1. The van der Waals surface area contributed by atoms with Crippen molar-refractivity contribution in [1.82, 2.24) is 9.62 Å². The average Bonchev–Trinajstić information content (AvgIpc) is 3.86. The van der Waals surface area contributed by atoms with Crippen LogP contribution in [-0.4, -0.2) is 74.8 Å². The molecular weight excluding hydrogens is 794 g/mol. The fourth-order valence-electron chi connectivity index (χ4n) is 7.03. The average molecular weight is 846 g/mol. The first-order valence-electron chi connectivity index (χ1n) is 19.7. The Balaban J connectivity index is 1.38. The van der Waals surface area contributed by atoms with E-state index in [4.69, 9.17) is 27.8 Å². The summed E-state index contributed by atoms with van der Waals surface area (Å²) in [6.45, 7) is 4.51. The van der Waals surface area contributed by atoms with Crippen LogP contribution >= 0.6 is 8.60 Å². The van der Waals surface area contributed by atoms with E-state index in [0.29, 0.717) is 19.4 Å². The van der Waals surface area contributed by atoms with Crippen LogP contribution < -0.4 is 5.32 Å². The molecule has 6 rings (SSSR count). The van der Waals surface area contributed by atoms with Crippen molar-refractivity contribution >= 4 is 24.7 Å². The molecule has 15 heteroatoms. The Morgan fingerprint density at radius 3 is 2.10 bits per heavy atom. The quantitative estimate of drug-likeness (QED) is 0.0785. The summed E-state index contributed by atoms with van der Waals surface area (Å²) in [4.78, 5) is 13.9. The number of benzene rings is 4. The molecule has 2 saturated heterocycles. The maximum Gasteiger partial charge on any atom is 0.407 e. The van der Waals surface area contributed by atoms with Gasteiger partial charge in [0, 0.05) is 19.5 Å². The van der Waals surface area contributed by atoms with Crippen LogP contribution in [0.2, 0.25) is 0 Å². The van der Waals surface area contributed by atoms with E-state index in [1.807, 2.05) is 105 Å². The van der Waals surface area contributed by atoms with Gasteiger partial charge in [-0.25, -0.2) is 13.2 Å². The Bertz CT molecular complexity index is 2010. The van der Waals surface area contributed by atoms with Crippen LogP contribution in [0.15, 0.2) is 120 Å². The van der Waals surface area contributed by atoms with Gasteiger partial charge in [0.2, 0.25) is 10.0 Å². The zero-order valence-electron chi connectivity index (χ0n) is 33.3. The second-order valence-corrected chi connectivity index (χ2v) is 18.5. The van der Waals surface area contributed by atoms with Crippen molar-refractivity contribution in [2.75, 3.05) is 26.3 Å². The summed E-state index contributed by atoms with van der Waals surface area (Å²) in [5.41, 5.74) is 1.93. The third-order valence-corrected chi connectivity index (χ3v) is 13.2. The van der Waals surface area contributed by atoms with Crippen molar-refractivity contribution < 1.29 is 46.1 Å². The monoisotopic (exact) mass is 845 g/mol. The van der Waals surface area contributed by atoms with Gasteiger partial charge in [-0.1, -0.05) is 105 Å². The molecule has 0 saturated carbocycles. The number of hydrogen-bond acceptors (Lipinski definition) is 11. The van der Waals surface area contributed by atoms with E-state index in [1.165, 1.54) is 28.6 Å². The van der Waals surface area contributed by atoms with Gasteiger partial charge in [-0.15, -0.1) is 0 Å². The van der Waals surface area contributed by atoms with Crippen molar-refractivity contribution in [3.05, 3.63) is 132 Å². The molecule has 4 aromatic rings. The van der Waals surface area contributed by atoms with E-state index in [0.717, 1.165) is 16.7 Å². The van der Waals surface area contributed by atoms with Crippen LogP contribution in [-0.2, 0) is 57.4 Å². The first-order chi connectivity index (χ1) is 28.5. The number of alkyl carbamates (subject to hydrolysis) is 1. The summed E-state index contributed by atoms with van der Waals surface area (Å²) in [7, 11) is -6.46. The number of aromatic hydroxyl groups is 1. The van der Waals surface area contributed by atoms with Crippen molar-refractivity contribution in [3.63, 3.8) is 0 Å². The highest BCUT2D eigenvalue weighted by Gasteiger charge is 2.44. The summed E-state index contributed by atoms with van der Waals surface area (Å²) in [5.74, 6) is -0.191. The molecule has 2 aliphatic heterocycles. The van der Waals surface area contributed by atoms with E-state index in [2.05, 4.69) is 11.4 Å². The molecule has 0 radical (unpaired) electrons. The standard InChI is InChI=1S/C44H52N3O10PS/c1-44(2,24-12-25-45)32-47(59(50,51)37-21-19-36(48)20-22-37)28-40(57-58(54-29-34-15-8-4-9-16-34)55-30-35-17-10-5-11-18-35)39(27-33-13-6-3-7-14-33)46-43(49)56-41-31-53-42-38(41)23-26-52-42/h3-11,13-22,38-42,48H,12,23-24,26-32H2,1-2H3,(H,46,49)/t38-,39-,40+,41-,42+/m0/s1. The number of nitrogens with one attached hydrogen (secondary N) is 1. The maximum atomic E-state index is 14.7. The molecule has 1 amide bonds. The number of sulfonamides is 1. The molecule has 314 valence electrons. The highest BCUT2D eigenvalue weighted by Crippen LogP contribution is 2.44.